The molecule has 0 spiro atoms. The molecule has 1 aliphatic carbocycles. The summed E-state index contributed by atoms with van der Waals surface area (Å²) < 4.78 is 5.78. The Bertz CT molecular complexity index is 1090. The molecule has 0 amide bonds. The zero-order valence-corrected chi connectivity index (χ0v) is 22.4. The van der Waals surface area contributed by atoms with Gasteiger partial charge in [0.1, 0.15) is 5.60 Å². The van der Waals surface area contributed by atoms with Crippen LogP contribution in [0.3, 0.4) is 0 Å². The molecule has 194 valence electrons. The number of fused-ring (bicyclic) bond motifs is 1. The fraction of sp³-hybridized carbons (Fsp3) is 0.343. The fourth-order valence-corrected chi connectivity index (χ4v) is 4.75. The Morgan fingerprint density at radius 3 is 1.86 bits per heavy atom. The molecule has 0 N–H and O–H groups in total. The third-order valence-corrected chi connectivity index (χ3v) is 6.92. The summed E-state index contributed by atoms with van der Waals surface area (Å²) in [5.74, 6) is -0.337. The van der Waals surface area contributed by atoms with Gasteiger partial charge < -0.3 is 4.74 Å². The van der Waals surface area contributed by atoms with Crippen molar-refractivity contribution in [3.8, 4) is 0 Å². The molecule has 0 aliphatic heterocycles. The molecule has 1 unspecified atom stereocenters. The second-order valence-corrected chi connectivity index (χ2v) is 9.82. The smallest absolute Gasteiger partial charge is 0.331 e. The Morgan fingerprint density at radius 1 is 0.811 bits per heavy atom. The standard InChI is InChI=1S/C25H34O2.C10H8/c1-3-5-6-7-8-9-10-14-19-25(27-24(26)4-2)20-17-23(18-21-25)22-15-12-11-13-16-22;1-2-6-10-8-4-3-7-9(10)5-1/h4,11-13,15-18,20H,2-3,5-10,14,19,21H2,1H3;1-8H. The van der Waals surface area contributed by atoms with Crippen molar-refractivity contribution >= 4 is 22.3 Å². The molecule has 0 saturated heterocycles. The van der Waals surface area contributed by atoms with Crippen LogP contribution in [-0.2, 0) is 9.53 Å². The lowest BCUT2D eigenvalue weighted by atomic mass is 9.85. The van der Waals surface area contributed by atoms with Crippen LogP contribution in [0.1, 0.15) is 76.7 Å². The molecule has 0 fully saturated rings. The number of carbonyl (C=O) groups excluding carboxylic acids is 1. The molecule has 3 aromatic carbocycles. The molecular formula is C35H42O2. The van der Waals surface area contributed by atoms with Crippen molar-refractivity contribution in [2.24, 2.45) is 0 Å². The molecule has 0 aromatic heterocycles. The van der Waals surface area contributed by atoms with E-state index in [2.05, 4.69) is 92.4 Å². The Kier molecular flexibility index (Phi) is 11.9. The second kappa shape index (κ2) is 15.7. The molecule has 0 heterocycles. The predicted octanol–water partition coefficient (Wildman–Crippen LogP) is 9.87. The van der Waals surface area contributed by atoms with E-state index in [0.717, 1.165) is 19.3 Å². The monoisotopic (exact) mass is 494 g/mol. The molecule has 0 saturated carbocycles. The molecule has 37 heavy (non-hydrogen) atoms. The highest BCUT2D eigenvalue weighted by Gasteiger charge is 2.31. The molecule has 0 bridgehead atoms. The summed E-state index contributed by atoms with van der Waals surface area (Å²) in [6.07, 6.45) is 19.4. The van der Waals surface area contributed by atoms with Crippen molar-refractivity contribution in [3.63, 3.8) is 0 Å². The Morgan fingerprint density at radius 2 is 1.35 bits per heavy atom. The zero-order valence-electron chi connectivity index (χ0n) is 22.4. The average molecular weight is 495 g/mol. The van der Waals surface area contributed by atoms with Gasteiger partial charge in [-0.1, -0.05) is 149 Å². The first kappa shape index (κ1) is 28.2. The number of rotatable bonds is 12. The summed E-state index contributed by atoms with van der Waals surface area (Å²) in [5, 5.41) is 2.62. The number of carbonyl (C=O) groups is 1. The number of ether oxygens (including phenoxy) is 1. The van der Waals surface area contributed by atoms with Gasteiger partial charge in [0.2, 0.25) is 0 Å². The lowest BCUT2D eigenvalue weighted by molar-refractivity contribution is -0.149. The zero-order chi connectivity index (χ0) is 26.2. The normalized spacial score (nSPS) is 16.4. The predicted molar refractivity (Wildman–Crippen MR) is 158 cm³/mol. The van der Waals surface area contributed by atoms with Crippen LogP contribution < -0.4 is 0 Å². The first-order valence-corrected chi connectivity index (χ1v) is 13.9. The minimum atomic E-state index is -0.522. The van der Waals surface area contributed by atoms with Gasteiger partial charge in [-0.2, -0.15) is 0 Å². The summed E-state index contributed by atoms with van der Waals surface area (Å²) in [5.41, 5.74) is 1.87. The minimum absolute atomic E-state index is 0.337. The summed E-state index contributed by atoms with van der Waals surface area (Å²) in [6, 6.07) is 27.0. The second-order valence-electron chi connectivity index (χ2n) is 9.82. The van der Waals surface area contributed by atoms with Crippen LogP contribution in [-0.4, -0.2) is 11.6 Å². The third-order valence-electron chi connectivity index (χ3n) is 6.92. The number of hydrogen-bond acceptors (Lipinski definition) is 2. The molecule has 3 aromatic rings. The van der Waals surface area contributed by atoms with E-state index < -0.39 is 5.60 Å². The molecule has 4 rings (SSSR count). The maximum atomic E-state index is 11.9. The van der Waals surface area contributed by atoms with E-state index in [1.807, 2.05) is 18.2 Å². The molecule has 1 aliphatic rings. The summed E-state index contributed by atoms with van der Waals surface area (Å²) >= 11 is 0. The van der Waals surface area contributed by atoms with E-state index in [1.54, 1.807) is 0 Å². The highest BCUT2D eigenvalue weighted by Crippen LogP contribution is 2.34. The van der Waals surface area contributed by atoms with Crippen molar-refractivity contribution in [3.05, 3.63) is 115 Å². The van der Waals surface area contributed by atoms with E-state index in [9.17, 15) is 4.79 Å². The van der Waals surface area contributed by atoms with Gasteiger partial charge in [0, 0.05) is 12.5 Å². The highest BCUT2D eigenvalue weighted by molar-refractivity contribution is 5.83. The van der Waals surface area contributed by atoms with Gasteiger partial charge in [0.05, 0.1) is 0 Å². The van der Waals surface area contributed by atoms with Crippen LogP contribution in [0, 0.1) is 0 Å². The lowest BCUT2D eigenvalue weighted by Gasteiger charge is -2.32. The molecule has 0 radical (unpaired) electrons. The molecule has 1 atom stereocenters. The van der Waals surface area contributed by atoms with Crippen LogP contribution in [0.4, 0.5) is 0 Å². The summed E-state index contributed by atoms with van der Waals surface area (Å²) in [4.78, 5) is 11.9. The van der Waals surface area contributed by atoms with E-state index in [1.165, 1.54) is 72.9 Å². The minimum Gasteiger partial charge on any atom is -0.451 e. The largest absolute Gasteiger partial charge is 0.451 e. The molecular weight excluding hydrogens is 452 g/mol. The van der Waals surface area contributed by atoms with E-state index in [0.29, 0.717) is 0 Å². The number of hydrogen-bond donors (Lipinski definition) is 0. The van der Waals surface area contributed by atoms with Crippen LogP contribution in [0.5, 0.6) is 0 Å². The maximum absolute atomic E-state index is 11.9. The van der Waals surface area contributed by atoms with Crippen LogP contribution in [0.2, 0.25) is 0 Å². The van der Waals surface area contributed by atoms with Crippen molar-refractivity contribution in [1.29, 1.82) is 0 Å². The number of unbranched alkanes of at least 4 members (excludes halogenated alkanes) is 7. The fourth-order valence-electron chi connectivity index (χ4n) is 4.75. The van der Waals surface area contributed by atoms with Gasteiger partial charge in [-0.15, -0.1) is 0 Å². The van der Waals surface area contributed by atoms with Gasteiger partial charge in [0.25, 0.3) is 0 Å². The SMILES string of the molecule is C=CC(=O)OC1(CCCCCCCCCC)C=CC(c2ccccc2)=CC1.c1ccc2ccccc2c1. The van der Waals surface area contributed by atoms with Crippen molar-refractivity contribution in [1.82, 2.24) is 0 Å². The lowest BCUT2D eigenvalue weighted by Crippen LogP contribution is -2.33. The Hall–Kier alpha value is -3.39. The van der Waals surface area contributed by atoms with Crippen LogP contribution >= 0.6 is 0 Å². The first-order valence-electron chi connectivity index (χ1n) is 13.9. The van der Waals surface area contributed by atoms with Crippen molar-refractivity contribution < 1.29 is 9.53 Å². The van der Waals surface area contributed by atoms with E-state index in [-0.39, 0.29) is 5.97 Å². The number of esters is 1. The van der Waals surface area contributed by atoms with Gasteiger partial charge >= 0.3 is 5.97 Å². The van der Waals surface area contributed by atoms with E-state index in [4.69, 9.17) is 4.74 Å². The van der Waals surface area contributed by atoms with Crippen LogP contribution in [0.25, 0.3) is 16.3 Å². The highest BCUT2D eigenvalue weighted by atomic mass is 16.6. The van der Waals surface area contributed by atoms with Crippen molar-refractivity contribution in [2.75, 3.05) is 0 Å². The van der Waals surface area contributed by atoms with Gasteiger partial charge in [-0.3, -0.25) is 0 Å². The van der Waals surface area contributed by atoms with Crippen LogP contribution in [0.15, 0.2) is 110 Å². The quantitative estimate of drug-likeness (QED) is 0.142. The Balaban J connectivity index is 0.000000313. The summed E-state index contributed by atoms with van der Waals surface area (Å²) in [7, 11) is 0. The topological polar surface area (TPSA) is 26.3 Å². The van der Waals surface area contributed by atoms with Gasteiger partial charge in [-0.05, 0) is 40.8 Å². The maximum Gasteiger partial charge on any atom is 0.331 e. The first-order chi connectivity index (χ1) is 18.2. The Labute approximate surface area is 223 Å². The average Bonchev–Trinajstić information content (AvgIpc) is 2.96. The number of benzene rings is 3. The van der Waals surface area contributed by atoms with Gasteiger partial charge in [0.15, 0.2) is 0 Å². The van der Waals surface area contributed by atoms with E-state index >= 15 is 0 Å². The molecule has 2 heteroatoms. The molecule has 2 nitrogen and oxygen atoms in total. The number of allylic oxidation sites excluding steroid dienone is 2. The van der Waals surface area contributed by atoms with Crippen molar-refractivity contribution in [2.45, 2.75) is 76.7 Å². The summed E-state index contributed by atoms with van der Waals surface area (Å²) in [6.45, 7) is 5.80. The van der Waals surface area contributed by atoms with Gasteiger partial charge in [-0.25, -0.2) is 4.79 Å². The third kappa shape index (κ3) is 9.53.